The lowest BCUT2D eigenvalue weighted by Gasteiger charge is -1.94. The van der Waals surface area contributed by atoms with Gasteiger partial charge in [0.15, 0.2) is 11.0 Å². The molecule has 0 aromatic carbocycles. The molecule has 74 valence electrons. The van der Waals surface area contributed by atoms with E-state index in [1.54, 1.807) is 0 Å². The van der Waals surface area contributed by atoms with Crippen molar-refractivity contribution in [2.24, 2.45) is 0 Å². The maximum absolute atomic E-state index is 5.68. The fourth-order valence-electron chi connectivity index (χ4n) is 0.777. The van der Waals surface area contributed by atoms with E-state index in [-0.39, 0.29) is 11.0 Å². The van der Waals surface area contributed by atoms with Crippen molar-refractivity contribution in [3.05, 3.63) is 17.0 Å². The third kappa shape index (κ3) is 3.21. The first-order chi connectivity index (χ1) is 6.74. The smallest absolute Gasteiger partial charge is 0.172 e. The van der Waals surface area contributed by atoms with Gasteiger partial charge >= 0.3 is 0 Å². The quantitative estimate of drug-likeness (QED) is 0.557. The first-order valence-electron chi connectivity index (χ1n) is 4.15. The number of hydrogen-bond donors (Lipinski definition) is 2. The van der Waals surface area contributed by atoms with Gasteiger partial charge in [0.2, 0.25) is 0 Å². The van der Waals surface area contributed by atoms with Crippen LogP contribution in [-0.4, -0.2) is 23.6 Å². The molecule has 0 radical (unpaired) electrons. The second-order valence-corrected chi connectivity index (χ2v) is 2.94. The molecule has 14 heavy (non-hydrogen) atoms. The molecule has 0 unspecified atom stereocenters. The molecule has 1 aromatic heterocycles. The summed E-state index contributed by atoms with van der Waals surface area (Å²) in [6.45, 7) is 0.850. The molecule has 0 saturated heterocycles. The number of aromatic nitrogens is 2. The average Bonchev–Trinajstić information content (AvgIpc) is 2.18. The summed E-state index contributed by atoms with van der Waals surface area (Å²) in [7, 11) is 1.88. The zero-order chi connectivity index (χ0) is 10.4. The van der Waals surface area contributed by atoms with E-state index >= 15 is 0 Å². The Morgan fingerprint density at radius 3 is 3.07 bits per heavy atom. The number of nitrogens with zero attached hydrogens (tertiary/aromatic N) is 2. The monoisotopic (exact) mass is 210 g/mol. The SMILES string of the molecule is CNCCC#Cc1cnc(N)c(Cl)n1. The molecule has 3 N–H and O–H groups in total. The van der Waals surface area contributed by atoms with Gasteiger partial charge in [-0.15, -0.1) is 0 Å². The van der Waals surface area contributed by atoms with Crippen molar-refractivity contribution in [3.63, 3.8) is 0 Å². The van der Waals surface area contributed by atoms with Crippen LogP contribution in [0.4, 0.5) is 5.82 Å². The maximum Gasteiger partial charge on any atom is 0.172 e. The lowest BCUT2D eigenvalue weighted by Crippen LogP contribution is -2.05. The van der Waals surface area contributed by atoms with E-state index in [1.165, 1.54) is 6.20 Å². The highest BCUT2D eigenvalue weighted by Gasteiger charge is 1.98. The zero-order valence-electron chi connectivity index (χ0n) is 7.84. The number of anilines is 1. The van der Waals surface area contributed by atoms with Crippen molar-refractivity contribution in [2.45, 2.75) is 6.42 Å². The average molecular weight is 211 g/mol. The molecule has 0 amide bonds. The van der Waals surface area contributed by atoms with Crippen LogP contribution < -0.4 is 11.1 Å². The Balaban J connectivity index is 2.66. The topological polar surface area (TPSA) is 63.8 Å². The van der Waals surface area contributed by atoms with Crippen molar-refractivity contribution in [2.75, 3.05) is 19.3 Å². The van der Waals surface area contributed by atoms with Crippen molar-refractivity contribution < 1.29 is 0 Å². The molecule has 0 aliphatic carbocycles. The van der Waals surface area contributed by atoms with Crippen molar-refractivity contribution in [1.82, 2.24) is 15.3 Å². The molecular formula is C9H11ClN4. The molecule has 4 nitrogen and oxygen atoms in total. The standard InChI is InChI=1S/C9H11ClN4/c1-12-5-3-2-4-7-6-13-9(11)8(10)14-7/h6,12H,3,5H2,1H3,(H2,11,13). The highest BCUT2D eigenvalue weighted by atomic mass is 35.5. The van der Waals surface area contributed by atoms with Crippen LogP contribution in [0.5, 0.6) is 0 Å². The Morgan fingerprint density at radius 2 is 2.43 bits per heavy atom. The highest BCUT2D eigenvalue weighted by molar-refractivity contribution is 6.31. The summed E-state index contributed by atoms with van der Waals surface area (Å²) < 4.78 is 0. The first kappa shape index (κ1) is 10.8. The van der Waals surface area contributed by atoms with Crippen LogP contribution in [0.15, 0.2) is 6.20 Å². The van der Waals surface area contributed by atoms with Gasteiger partial charge in [-0.2, -0.15) is 0 Å². The van der Waals surface area contributed by atoms with Gasteiger partial charge in [-0.25, -0.2) is 9.97 Å². The predicted octanol–water partition coefficient (Wildman–Crippen LogP) is 0.673. The number of hydrogen-bond acceptors (Lipinski definition) is 4. The zero-order valence-corrected chi connectivity index (χ0v) is 8.60. The van der Waals surface area contributed by atoms with Gasteiger partial charge < -0.3 is 11.1 Å². The highest BCUT2D eigenvalue weighted by Crippen LogP contribution is 2.11. The van der Waals surface area contributed by atoms with E-state index in [0.717, 1.165) is 13.0 Å². The van der Waals surface area contributed by atoms with Gasteiger partial charge in [-0.1, -0.05) is 17.5 Å². The normalized spacial score (nSPS) is 9.29. The van der Waals surface area contributed by atoms with Crippen LogP contribution in [0.3, 0.4) is 0 Å². The summed E-state index contributed by atoms with van der Waals surface area (Å²) in [5, 5.41) is 3.19. The predicted molar refractivity (Wildman–Crippen MR) is 56.9 cm³/mol. The fourth-order valence-corrected chi connectivity index (χ4v) is 0.916. The number of nitrogen functional groups attached to an aromatic ring is 1. The van der Waals surface area contributed by atoms with Gasteiger partial charge in [0.25, 0.3) is 0 Å². The van der Waals surface area contributed by atoms with Gasteiger partial charge in [0.05, 0.1) is 6.20 Å². The summed E-state index contributed by atoms with van der Waals surface area (Å²) in [5.41, 5.74) is 5.94. The van der Waals surface area contributed by atoms with Crippen LogP contribution in [0.25, 0.3) is 0 Å². The van der Waals surface area contributed by atoms with E-state index in [4.69, 9.17) is 17.3 Å². The van der Waals surface area contributed by atoms with Gasteiger partial charge in [0, 0.05) is 13.0 Å². The van der Waals surface area contributed by atoms with Crippen LogP contribution in [0.1, 0.15) is 12.1 Å². The van der Waals surface area contributed by atoms with Crippen LogP contribution in [-0.2, 0) is 0 Å². The fraction of sp³-hybridized carbons (Fsp3) is 0.333. The molecule has 0 bridgehead atoms. The van der Waals surface area contributed by atoms with E-state index in [1.807, 2.05) is 7.05 Å². The van der Waals surface area contributed by atoms with E-state index < -0.39 is 0 Å². The van der Waals surface area contributed by atoms with Crippen molar-refractivity contribution in [3.8, 4) is 11.8 Å². The minimum Gasteiger partial charge on any atom is -0.381 e. The Kier molecular flexibility index (Phi) is 4.17. The Hall–Kier alpha value is -1.31. The molecule has 0 aliphatic heterocycles. The minimum absolute atomic E-state index is 0.199. The molecule has 0 aliphatic rings. The van der Waals surface area contributed by atoms with Crippen molar-refractivity contribution >= 4 is 17.4 Å². The summed E-state index contributed by atoms with van der Waals surface area (Å²) >= 11 is 5.68. The number of nitrogens with two attached hydrogens (primary N) is 1. The molecule has 1 rings (SSSR count). The Morgan fingerprint density at radius 1 is 1.64 bits per heavy atom. The van der Waals surface area contributed by atoms with E-state index in [2.05, 4.69) is 27.1 Å². The first-order valence-corrected chi connectivity index (χ1v) is 4.53. The van der Waals surface area contributed by atoms with Gasteiger partial charge in [-0.3, -0.25) is 0 Å². The number of rotatable bonds is 2. The third-order valence-electron chi connectivity index (χ3n) is 1.47. The summed E-state index contributed by atoms with van der Waals surface area (Å²) in [4.78, 5) is 7.80. The van der Waals surface area contributed by atoms with E-state index in [0.29, 0.717) is 5.69 Å². The summed E-state index contributed by atoms with van der Waals surface area (Å²) in [6.07, 6.45) is 2.27. The number of halogens is 1. The van der Waals surface area contributed by atoms with Crippen LogP contribution in [0, 0.1) is 11.8 Å². The number of nitrogens with one attached hydrogen (secondary N) is 1. The Bertz CT molecular complexity index is 367. The maximum atomic E-state index is 5.68. The van der Waals surface area contributed by atoms with Gasteiger partial charge in [0.1, 0.15) is 5.69 Å². The molecule has 0 fully saturated rings. The molecule has 0 spiro atoms. The minimum atomic E-state index is 0.199. The third-order valence-corrected chi connectivity index (χ3v) is 1.75. The van der Waals surface area contributed by atoms with E-state index in [9.17, 15) is 0 Å². The molecule has 1 heterocycles. The van der Waals surface area contributed by atoms with Crippen LogP contribution in [0.2, 0.25) is 5.15 Å². The lowest BCUT2D eigenvalue weighted by atomic mass is 10.4. The molecule has 0 atom stereocenters. The summed E-state index contributed by atoms with van der Waals surface area (Å²) in [5.74, 6) is 6.01. The molecular weight excluding hydrogens is 200 g/mol. The van der Waals surface area contributed by atoms with Gasteiger partial charge in [-0.05, 0) is 13.0 Å². The second kappa shape index (κ2) is 5.43. The lowest BCUT2D eigenvalue weighted by molar-refractivity contribution is 0.818. The summed E-state index contributed by atoms with van der Waals surface area (Å²) in [6, 6.07) is 0. The molecule has 0 saturated carbocycles. The molecule has 5 heteroatoms. The Labute approximate surface area is 87.9 Å². The molecule has 1 aromatic rings. The van der Waals surface area contributed by atoms with Crippen LogP contribution >= 0.6 is 11.6 Å². The largest absolute Gasteiger partial charge is 0.381 e. The van der Waals surface area contributed by atoms with Crippen molar-refractivity contribution in [1.29, 1.82) is 0 Å². The second-order valence-electron chi connectivity index (χ2n) is 2.59.